The van der Waals surface area contributed by atoms with Gasteiger partial charge < -0.3 is 15.1 Å². The molecule has 2 fully saturated rings. The highest BCUT2D eigenvalue weighted by atomic mass is 16.2. The highest BCUT2D eigenvalue weighted by molar-refractivity contribution is 6.00. The third-order valence-electron chi connectivity index (χ3n) is 6.44. The summed E-state index contributed by atoms with van der Waals surface area (Å²) < 4.78 is 0. The van der Waals surface area contributed by atoms with Gasteiger partial charge in [0.25, 0.3) is 0 Å². The van der Waals surface area contributed by atoms with E-state index in [1.807, 2.05) is 23.1 Å². The Morgan fingerprint density at radius 2 is 1.97 bits per heavy atom. The molecule has 3 amide bonds. The monoisotopic (exact) mass is 413 g/mol. The van der Waals surface area contributed by atoms with Gasteiger partial charge in [-0.25, -0.2) is 0 Å². The summed E-state index contributed by atoms with van der Waals surface area (Å²) in [7, 11) is 0. The van der Waals surface area contributed by atoms with E-state index in [0.717, 1.165) is 49.9 Å². The first-order valence-corrected chi connectivity index (χ1v) is 11.5. The van der Waals surface area contributed by atoms with Crippen LogP contribution in [0.4, 0.5) is 5.69 Å². The van der Waals surface area contributed by atoms with Gasteiger partial charge in [-0.05, 0) is 43.2 Å². The smallest absolute Gasteiger partial charge is 0.227 e. The molecule has 6 nitrogen and oxygen atoms in total. The standard InChI is InChI=1S/C24H35N3O3/c1-3-18(2)20-10-6-7-11-21(20)27-17-19(16-23(27)29)24(30)25-13-9-15-26-14-8-4-5-12-22(26)28/h6-7,10-11,18-19H,3-5,8-9,12-17H2,1-2H3,(H,25,30). The number of likely N-dealkylation sites (tertiary alicyclic amines) is 1. The van der Waals surface area contributed by atoms with Crippen LogP contribution in [0.25, 0.3) is 0 Å². The molecule has 0 saturated carbocycles. The molecule has 3 rings (SSSR count). The van der Waals surface area contributed by atoms with E-state index in [0.29, 0.717) is 32.0 Å². The first-order chi connectivity index (χ1) is 14.5. The lowest BCUT2D eigenvalue weighted by Crippen LogP contribution is -2.36. The molecule has 2 heterocycles. The molecular weight excluding hydrogens is 378 g/mol. The molecule has 30 heavy (non-hydrogen) atoms. The fourth-order valence-electron chi connectivity index (χ4n) is 4.39. The zero-order chi connectivity index (χ0) is 21.5. The Labute approximate surface area is 180 Å². The van der Waals surface area contributed by atoms with Crippen molar-refractivity contribution in [1.82, 2.24) is 10.2 Å². The number of anilines is 1. The molecule has 2 aliphatic heterocycles. The summed E-state index contributed by atoms with van der Waals surface area (Å²) in [6, 6.07) is 8.02. The molecule has 2 aliphatic rings. The molecule has 2 saturated heterocycles. The van der Waals surface area contributed by atoms with E-state index < -0.39 is 0 Å². The van der Waals surface area contributed by atoms with Gasteiger partial charge in [0.05, 0.1) is 5.92 Å². The van der Waals surface area contributed by atoms with Crippen LogP contribution in [0, 0.1) is 5.92 Å². The minimum Gasteiger partial charge on any atom is -0.356 e. The predicted octanol–water partition coefficient (Wildman–Crippen LogP) is 3.46. The van der Waals surface area contributed by atoms with E-state index in [2.05, 4.69) is 25.2 Å². The van der Waals surface area contributed by atoms with Crippen molar-refractivity contribution in [3.05, 3.63) is 29.8 Å². The number of para-hydroxylation sites is 1. The van der Waals surface area contributed by atoms with Crippen molar-refractivity contribution in [2.45, 2.75) is 64.7 Å². The van der Waals surface area contributed by atoms with Crippen LogP contribution in [0.2, 0.25) is 0 Å². The van der Waals surface area contributed by atoms with Crippen molar-refractivity contribution < 1.29 is 14.4 Å². The van der Waals surface area contributed by atoms with Gasteiger partial charge in [-0.1, -0.05) is 38.5 Å². The van der Waals surface area contributed by atoms with Crippen molar-refractivity contribution in [2.75, 3.05) is 31.1 Å². The topological polar surface area (TPSA) is 69.7 Å². The molecule has 0 aromatic heterocycles. The highest BCUT2D eigenvalue weighted by Gasteiger charge is 2.36. The molecular formula is C24H35N3O3. The lowest BCUT2D eigenvalue weighted by Gasteiger charge is -2.23. The number of nitrogens with zero attached hydrogens (tertiary/aromatic N) is 2. The number of nitrogens with one attached hydrogen (secondary N) is 1. The van der Waals surface area contributed by atoms with Gasteiger partial charge in [0.15, 0.2) is 0 Å². The fourth-order valence-corrected chi connectivity index (χ4v) is 4.39. The molecule has 1 aromatic carbocycles. The molecule has 164 valence electrons. The van der Waals surface area contributed by atoms with E-state index in [-0.39, 0.29) is 30.1 Å². The van der Waals surface area contributed by atoms with Gasteiger partial charge in [0.1, 0.15) is 0 Å². The van der Waals surface area contributed by atoms with Crippen LogP contribution in [0.5, 0.6) is 0 Å². The molecule has 2 unspecified atom stereocenters. The zero-order valence-corrected chi connectivity index (χ0v) is 18.4. The zero-order valence-electron chi connectivity index (χ0n) is 18.4. The van der Waals surface area contributed by atoms with Crippen LogP contribution in [-0.4, -0.2) is 48.8 Å². The fraction of sp³-hybridized carbons (Fsp3) is 0.625. The Hall–Kier alpha value is -2.37. The molecule has 0 bridgehead atoms. The molecule has 0 aliphatic carbocycles. The molecule has 2 atom stereocenters. The Balaban J connectivity index is 1.50. The summed E-state index contributed by atoms with van der Waals surface area (Å²) in [5, 5.41) is 2.98. The molecule has 0 spiro atoms. The number of carbonyl (C=O) groups excluding carboxylic acids is 3. The van der Waals surface area contributed by atoms with Crippen LogP contribution in [-0.2, 0) is 14.4 Å². The maximum absolute atomic E-state index is 12.7. The average molecular weight is 414 g/mol. The van der Waals surface area contributed by atoms with Crippen molar-refractivity contribution in [2.24, 2.45) is 5.92 Å². The third-order valence-corrected chi connectivity index (χ3v) is 6.44. The second kappa shape index (κ2) is 10.6. The van der Waals surface area contributed by atoms with Gasteiger partial charge in [0, 0.05) is 44.7 Å². The largest absolute Gasteiger partial charge is 0.356 e. The number of hydrogen-bond acceptors (Lipinski definition) is 3. The summed E-state index contributed by atoms with van der Waals surface area (Å²) in [5.41, 5.74) is 2.10. The molecule has 0 radical (unpaired) electrons. The summed E-state index contributed by atoms with van der Waals surface area (Å²) in [6.07, 6.45) is 5.82. The van der Waals surface area contributed by atoms with Crippen LogP contribution in [0.15, 0.2) is 24.3 Å². The highest BCUT2D eigenvalue weighted by Crippen LogP contribution is 2.33. The Morgan fingerprint density at radius 3 is 2.77 bits per heavy atom. The van der Waals surface area contributed by atoms with E-state index in [1.54, 1.807) is 4.90 Å². The number of amides is 3. The van der Waals surface area contributed by atoms with E-state index in [9.17, 15) is 14.4 Å². The molecule has 1 aromatic rings. The summed E-state index contributed by atoms with van der Waals surface area (Å²) >= 11 is 0. The van der Waals surface area contributed by atoms with Crippen molar-refractivity contribution >= 4 is 23.4 Å². The second-order valence-electron chi connectivity index (χ2n) is 8.61. The first-order valence-electron chi connectivity index (χ1n) is 11.5. The summed E-state index contributed by atoms with van der Waals surface area (Å²) in [5.74, 6) is 0.233. The molecule has 1 N–H and O–H groups in total. The van der Waals surface area contributed by atoms with E-state index >= 15 is 0 Å². The molecule has 6 heteroatoms. The predicted molar refractivity (Wildman–Crippen MR) is 118 cm³/mol. The third kappa shape index (κ3) is 5.41. The minimum absolute atomic E-state index is 0.0149. The van der Waals surface area contributed by atoms with Crippen molar-refractivity contribution in [1.29, 1.82) is 0 Å². The quantitative estimate of drug-likeness (QED) is 0.664. The normalized spacial score (nSPS) is 20.9. The lowest BCUT2D eigenvalue weighted by molar-refractivity contribution is -0.130. The van der Waals surface area contributed by atoms with E-state index in [1.165, 1.54) is 0 Å². The van der Waals surface area contributed by atoms with Crippen molar-refractivity contribution in [3.8, 4) is 0 Å². The van der Waals surface area contributed by atoms with Crippen LogP contribution in [0.1, 0.15) is 70.3 Å². The number of carbonyl (C=O) groups is 3. The van der Waals surface area contributed by atoms with Gasteiger partial charge in [0.2, 0.25) is 17.7 Å². The SMILES string of the molecule is CCC(C)c1ccccc1N1CC(C(=O)NCCCN2CCCCCC2=O)CC1=O. The van der Waals surface area contributed by atoms with Crippen molar-refractivity contribution in [3.63, 3.8) is 0 Å². The lowest BCUT2D eigenvalue weighted by atomic mass is 9.96. The second-order valence-corrected chi connectivity index (χ2v) is 8.61. The van der Waals surface area contributed by atoms with Crippen LogP contribution < -0.4 is 10.2 Å². The number of hydrogen-bond donors (Lipinski definition) is 1. The first kappa shape index (κ1) is 22.3. The Kier molecular flexibility index (Phi) is 7.88. The summed E-state index contributed by atoms with van der Waals surface area (Å²) in [6.45, 7) is 6.80. The van der Waals surface area contributed by atoms with Gasteiger partial charge in [-0.15, -0.1) is 0 Å². The number of rotatable bonds is 8. The van der Waals surface area contributed by atoms with E-state index in [4.69, 9.17) is 0 Å². The number of benzene rings is 1. The Bertz CT molecular complexity index is 764. The van der Waals surface area contributed by atoms with Gasteiger partial charge >= 0.3 is 0 Å². The summed E-state index contributed by atoms with van der Waals surface area (Å²) in [4.78, 5) is 41.1. The van der Waals surface area contributed by atoms with Gasteiger partial charge in [-0.2, -0.15) is 0 Å². The maximum Gasteiger partial charge on any atom is 0.227 e. The van der Waals surface area contributed by atoms with Crippen LogP contribution in [0.3, 0.4) is 0 Å². The minimum atomic E-state index is -0.317. The van der Waals surface area contributed by atoms with Gasteiger partial charge in [-0.3, -0.25) is 14.4 Å². The van der Waals surface area contributed by atoms with Crippen LogP contribution >= 0.6 is 0 Å². The maximum atomic E-state index is 12.7. The average Bonchev–Trinajstić information content (AvgIpc) is 3.03. The Morgan fingerprint density at radius 1 is 1.17 bits per heavy atom.